The summed E-state index contributed by atoms with van der Waals surface area (Å²) in [6.07, 6.45) is 0. The molecule has 0 fully saturated rings. The number of aryl methyl sites for hydroxylation is 2. The normalized spacial score (nSPS) is 10.1. The van der Waals surface area contributed by atoms with E-state index in [1.807, 2.05) is 26.8 Å². The number of nitrogens with one attached hydrogen (secondary N) is 1. The van der Waals surface area contributed by atoms with E-state index < -0.39 is 0 Å². The number of nitrogens with zero attached hydrogens (tertiary/aromatic N) is 3. The van der Waals surface area contributed by atoms with Gasteiger partial charge in [0.15, 0.2) is 5.82 Å². The van der Waals surface area contributed by atoms with Crippen molar-refractivity contribution in [2.45, 2.75) is 20.8 Å². The number of aromatic nitrogens is 2. The Hall–Kier alpha value is -2.32. The molecule has 1 heterocycles. The van der Waals surface area contributed by atoms with E-state index in [0.717, 1.165) is 16.8 Å². The lowest BCUT2D eigenvalue weighted by atomic mass is 10.1. The fraction of sp³-hybridized carbons (Fsp3) is 0.267. The lowest BCUT2D eigenvalue weighted by Crippen LogP contribution is -2.04. The lowest BCUT2D eigenvalue weighted by Gasteiger charge is -2.14. The number of nitriles is 1. The number of hydrogen-bond acceptors (Lipinski definition) is 5. The first-order valence-electron chi connectivity index (χ1n) is 6.33. The van der Waals surface area contributed by atoms with Gasteiger partial charge in [-0.3, -0.25) is 0 Å². The van der Waals surface area contributed by atoms with Crippen molar-refractivity contribution < 1.29 is 4.74 Å². The van der Waals surface area contributed by atoms with E-state index in [-0.39, 0.29) is 0 Å². The molecule has 0 aliphatic carbocycles. The van der Waals surface area contributed by atoms with E-state index in [0.29, 0.717) is 27.8 Å². The predicted molar refractivity (Wildman–Crippen MR) is 82.2 cm³/mol. The lowest BCUT2D eigenvalue weighted by molar-refractivity contribution is 0.416. The van der Waals surface area contributed by atoms with Crippen LogP contribution in [-0.2, 0) is 0 Å². The van der Waals surface area contributed by atoms with Crippen LogP contribution in [-0.4, -0.2) is 17.3 Å². The molecule has 0 saturated carbocycles. The monoisotopic (exact) mass is 302 g/mol. The van der Waals surface area contributed by atoms with Crippen molar-refractivity contribution in [1.29, 1.82) is 5.26 Å². The molecule has 0 bridgehead atoms. The summed E-state index contributed by atoms with van der Waals surface area (Å²) in [5.41, 5.74) is 3.59. The standard InChI is InChI=1S/C15H15ClN4O/c1-8-5-13(14(21-4)6-12(8)16)18-15-11(7-17)9(2)10(3)19-20-15/h5-6H,1-4H3,(H,18,20). The largest absolute Gasteiger partial charge is 0.495 e. The van der Waals surface area contributed by atoms with E-state index >= 15 is 0 Å². The Balaban J connectivity index is 2.51. The van der Waals surface area contributed by atoms with Gasteiger partial charge in [0.25, 0.3) is 0 Å². The summed E-state index contributed by atoms with van der Waals surface area (Å²) in [6.45, 7) is 5.56. The molecule has 0 radical (unpaired) electrons. The average Bonchev–Trinajstić information content (AvgIpc) is 2.47. The van der Waals surface area contributed by atoms with Crippen molar-refractivity contribution in [3.05, 3.63) is 39.5 Å². The van der Waals surface area contributed by atoms with Gasteiger partial charge in [-0.2, -0.15) is 10.4 Å². The maximum atomic E-state index is 9.32. The molecule has 0 amide bonds. The Labute approximate surface area is 128 Å². The molecule has 5 nitrogen and oxygen atoms in total. The minimum atomic E-state index is 0.403. The van der Waals surface area contributed by atoms with Crippen LogP contribution in [0.4, 0.5) is 11.5 Å². The average molecular weight is 303 g/mol. The Morgan fingerprint density at radius 3 is 2.57 bits per heavy atom. The number of hydrogen-bond donors (Lipinski definition) is 1. The molecule has 2 rings (SSSR count). The van der Waals surface area contributed by atoms with Crippen LogP contribution >= 0.6 is 11.6 Å². The third-order valence-electron chi connectivity index (χ3n) is 3.30. The Morgan fingerprint density at radius 2 is 1.95 bits per heavy atom. The maximum Gasteiger partial charge on any atom is 0.171 e. The second-order valence-corrected chi connectivity index (χ2v) is 5.08. The second kappa shape index (κ2) is 5.98. The minimum absolute atomic E-state index is 0.403. The first kappa shape index (κ1) is 15.1. The molecular formula is C15H15ClN4O. The number of methoxy groups -OCH3 is 1. The third kappa shape index (κ3) is 2.91. The van der Waals surface area contributed by atoms with E-state index in [4.69, 9.17) is 16.3 Å². The molecule has 21 heavy (non-hydrogen) atoms. The summed E-state index contributed by atoms with van der Waals surface area (Å²) in [6, 6.07) is 5.72. The van der Waals surface area contributed by atoms with Crippen LogP contribution < -0.4 is 10.1 Å². The fourth-order valence-corrected chi connectivity index (χ4v) is 2.04. The van der Waals surface area contributed by atoms with E-state index in [1.54, 1.807) is 13.2 Å². The highest BCUT2D eigenvalue weighted by Gasteiger charge is 2.14. The summed E-state index contributed by atoms with van der Waals surface area (Å²) >= 11 is 6.08. The van der Waals surface area contributed by atoms with Gasteiger partial charge in [0, 0.05) is 11.1 Å². The molecule has 1 aromatic heterocycles. The highest BCUT2D eigenvalue weighted by atomic mass is 35.5. The Morgan fingerprint density at radius 1 is 1.24 bits per heavy atom. The quantitative estimate of drug-likeness (QED) is 0.936. The summed E-state index contributed by atoms with van der Waals surface area (Å²) in [4.78, 5) is 0. The molecule has 1 N–H and O–H groups in total. The molecule has 0 unspecified atom stereocenters. The van der Waals surface area contributed by atoms with Gasteiger partial charge in [0.1, 0.15) is 17.4 Å². The van der Waals surface area contributed by atoms with Crippen LogP contribution in [0.25, 0.3) is 0 Å². The number of benzene rings is 1. The molecule has 0 atom stereocenters. The Bertz CT molecular complexity index is 737. The van der Waals surface area contributed by atoms with Crippen LogP contribution in [0.1, 0.15) is 22.4 Å². The second-order valence-electron chi connectivity index (χ2n) is 4.67. The topological polar surface area (TPSA) is 70.8 Å². The number of anilines is 2. The molecular weight excluding hydrogens is 288 g/mol. The molecule has 1 aromatic carbocycles. The highest BCUT2D eigenvalue weighted by Crippen LogP contribution is 2.33. The van der Waals surface area contributed by atoms with Crippen LogP contribution in [0.2, 0.25) is 5.02 Å². The summed E-state index contributed by atoms with van der Waals surface area (Å²) in [7, 11) is 1.56. The molecule has 2 aromatic rings. The number of halogens is 1. The molecule has 0 aliphatic heterocycles. The van der Waals surface area contributed by atoms with Crippen LogP contribution in [0.3, 0.4) is 0 Å². The molecule has 0 aliphatic rings. The van der Waals surface area contributed by atoms with E-state index in [9.17, 15) is 5.26 Å². The minimum Gasteiger partial charge on any atom is -0.495 e. The number of ether oxygens (including phenoxy) is 1. The van der Waals surface area contributed by atoms with Crippen LogP contribution in [0, 0.1) is 32.1 Å². The summed E-state index contributed by atoms with van der Waals surface area (Å²) in [5, 5.41) is 21.1. The maximum absolute atomic E-state index is 9.32. The van der Waals surface area contributed by atoms with Gasteiger partial charge >= 0.3 is 0 Å². The molecule has 0 saturated heterocycles. The molecule has 108 valence electrons. The number of rotatable bonds is 3. The van der Waals surface area contributed by atoms with Gasteiger partial charge in [0.2, 0.25) is 0 Å². The van der Waals surface area contributed by atoms with Gasteiger partial charge in [0.05, 0.1) is 18.5 Å². The van der Waals surface area contributed by atoms with Crippen molar-refractivity contribution in [3.8, 4) is 11.8 Å². The van der Waals surface area contributed by atoms with Crippen molar-refractivity contribution in [3.63, 3.8) is 0 Å². The highest BCUT2D eigenvalue weighted by molar-refractivity contribution is 6.31. The summed E-state index contributed by atoms with van der Waals surface area (Å²) < 4.78 is 5.30. The smallest absolute Gasteiger partial charge is 0.171 e. The zero-order valence-electron chi connectivity index (χ0n) is 12.3. The van der Waals surface area contributed by atoms with Crippen molar-refractivity contribution in [1.82, 2.24) is 10.2 Å². The van der Waals surface area contributed by atoms with E-state index in [2.05, 4.69) is 21.6 Å². The zero-order chi connectivity index (χ0) is 15.6. The first-order valence-corrected chi connectivity index (χ1v) is 6.70. The van der Waals surface area contributed by atoms with Gasteiger partial charge in [-0.15, -0.1) is 5.10 Å². The molecule has 0 spiro atoms. The van der Waals surface area contributed by atoms with Crippen LogP contribution in [0.5, 0.6) is 5.75 Å². The van der Waals surface area contributed by atoms with Crippen molar-refractivity contribution in [2.24, 2.45) is 0 Å². The SMILES string of the molecule is COc1cc(Cl)c(C)cc1Nc1nnc(C)c(C)c1C#N. The summed E-state index contributed by atoms with van der Waals surface area (Å²) in [5.74, 6) is 0.982. The zero-order valence-corrected chi connectivity index (χ0v) is 13.0. The van der Waals surface area contributed by atoms with Crippen molar-refractivity contribution >= 4 is 23.1 Å². The molecule has 6 heteroatoms. The predicted octanol–water partition coefficient (Wildman–Crippen LogP) is 3.68. The van der Waals surface area contributed by atoms with Gasteiger partial charge < -0.3 is 10.1 Å². The van der Waals surface area contributed by atoms with Crippen molar-refractivity contribution in [2.75, 3.05) is 12.4 Å². The van der Waals surface area contributed by atoms with E-state index in [1.165, 1.54) is 0 Å². The van der Waals surface area contributed by atoms with Gasteiger partial charge in [-0.1, -0.05) is 11.6 Å². The van der Waals surface area contributed by atoms with Crippen LogP contribution in [0.15, 0.2) is 12.1 Å². The fourth-order valence-electron chi connectivity index (χ4n) is 1.89. The van der Waals surface area contributed by atoms with Gasteiger partial charge in [-0.05, 0) is 38.0 Å². The Kier molecular flexibility index (Phi) is 4.29. The first-order chi connectivity index (χ1) is 9.97. The van der Waals surface area contributed by atoms with Gasteiger partial charge in [-0.25, -0.2) is 0 Å². The third-order valence-corrected chi connectivity index (χ3v) is 3.71.